The molecule has 0 fully saturated rings. The van der Waals surface area contributed by atoms with Gasteiger partial charge in [-0.2, -0.15) is 10.2 Å². The van der Waals surface area contributed by atoms with Crippen LogP contribution in [0.25, 0.3) is 0 Å². The molecule has 0 saturated carbocycles. The van der Waals surface area contributed by atoms with E-state index >= 15 is 0 Å². The van der Waals surface area contributed by atoms with Gasteiger partial charge in [-0.15, -0.1) is 0 Å². The second kappa shape index (κ2) is 15.6. The van der Waals surface area contributed by atoms with Gasteiger partial charge in [-0.25, -0.2) is 10.9 Å². The predicted molar refractivity (Wildman–Crippen MR) is 142 cm³/mol. The van der Waals surface area contributed by atoms with E-state index in [0.717, 1.165) is 0 Å². The third-order valence-electron chi connectivity index (χ3n) is 5.31. The summed E-state index contributed by atoms with van der Waals surface area (Å²) < 4.78 is 31.9. The number of hydrogen-bond donors (Lipinski definition) is 2. The Labute approximate surface area is 221 Å². The molecule has 12 nitrogen and oxygen atoms in total. The SMILES string of the molecule is COc1ccc(/C=N/NC(=O)CCCCC(=O)N/N=C/c2ccc(OC)c(OC)c2OC)c(OC)c1OC. The van der Waals surface area contributed by atoms with E-state index in [2.05, 4.69) is 21.1 Å². The van der Waals surface area contributed by atoms with E-state index in [1.165, 1.54) is 55.1 Å². The van der Waals surface area contributed by atoms with Crippen molar-refractivity contribution >= 4 is 24.2 Å². The molecule has 0 radical (unpaired) electrons. The maximum atomic E-state index is 12.1. The van der Waals surface area contributed by atoms with Crippen molar-refractivity contribution in [3.05, 3.63) is 35.4 Å². The van der Waals surface area contributed by atoms with Crippen LogP contribution in [0.5, 0.6) is 34.5 Å². The third kappa shape index (κ3) is 8.02. The fourth-order valence-corrected chi connectivity index (χ4v) is 3.48. The number of carbonyl (C=O) groups excluding carboxylic acids is 2. The van der Waals surface area contributed by atoms with Crippen LogP contribution in [0.15, 0.2) is 34.5 Å². The maximum Gasteiger partial charge on any atom is 0.240 e. The molecule has 0 aliphatic carbocycles. The van der Waals surface area contributed by atoms with Crippen LogP contribution in [-0.2, 0) is 9.59 Å². The van der Waals surface area contributed by atoms with Gasteiger partial charge in [0.1, 0.15) is 0 Å². The van der Waals surface area contributed by atoms with Gasteiger partial charge in [0.15, 0.2) is 23.0 Å². The number of benzene rings is 2. The van der Waals surface area contributed by atoms with Gasteiger partial charge in [-0.1, -0.05) is 0 Å². The van der Waals surface area contributed by atoms with Gasteiger partial charge in [0.2, 0.25) is 23.3 Å². The first-order valence-electron chi connectivity index (χ1n) is 11.7. The molecule has 0 bridgehead atoms. The molecule has 0 aliphatic heterocycles. The van der Waals surface area contributed by atoms with Crippen molar-refractivity contribution in [1.29, 1.82) is 0 Å². The van der Waals surface area contributed by atoms with Gasteiger partial charge in [0.05, 0.1) is 55.1 Å². The minimum absolute atomic E-state index is 0.208. The summed E-state index contributed by atoms with van der Waals surface area (Å²) in [6, 6.07) is 6.89. The maximum absolute atomic E-state index is 12.1. The zero-order chi connectivity index (χ0) is 27.9. The molecule has 0 spiro atoms. The molecule has 38 heavy (non-hydrogen) atoms. The molecule has 0 aliphatic rings. The summed E-state index contributed by atoms with van der Waals surface area (Å²) in [5, 5.41) is 7.95. The summed E-state index contributed by atoms with van der Waals surface area (Å²) in [6.45, 7) is 0. The molecule has 0 aromatic heterocycles. The van der Waals surface area contributed by atoms with Crippen molar-refractivity contribution in [3.63, 3.8) is 0 Å². The molecular formula is C26H34N4O8. The van der Waals surface area contributed by atoms with E-state index in [1.807, 2.05) is 0 Å². The van der Waals surface area contributed by atoms with Crippen molar-refractivity contribution < 1.29 is 38.0 Å². The van der Waals surface area contributed by atoms with Crippen LogP contribution in [0.2, 0.25) is 0 Å². The largest absolute Gasteiger partial charge is 0.493 e. The number of methoxy groups -OCH3 is 6. The van der Waals surface area contributed by atoms with E-state index < -0.39 is 0 Å². The second-order valence-corrected chi connectivity index (χ2v) is 7.64. The van der Waals surface area contributed by atoms with E-state index in [1.54, 1.807) is 24.3 Å². The Hall–Kier alpha value is -4.48. The molecule has 0 heterocycles. The number of unbranched alkanes of at least 4 members (excludes halogenated alkanes) is 1. The highest BCUT2D eigenvalue weighted by Crippen LogP contribution is 2.39. The lowest BCUT2D eigenvalue weighted by atomic mass is 10.2. The second-order valence-electron chi connectivity index (χ2n) is 7.64. The van der Waals surface area contributed by atoms with Crippen LogP contribution in [0.1, 0.15) is 36.8 Å². The Balaban J connectivity index is 1.78. The standard InChI is InChI=1S/C26H34N4O8/c1-33-19-13-11-17(23(35-3)25(19)37-5)15-27-29-21(31)9-7-8-10-22(32)30-28-16-18-12-14-20(34-2)26(38-6)24(18)36-4/h11-16H,7-10H2,1-6H3,(H,29,31)(H,30,32)/b27-15+,28-16+. The van der Waals surface area contributed by atoms with Crippen LogP contribution in [0.3, 0.4) is 0 Å². The third-order valence-corrected chi connectivity index (χ3v) is 5.31. The lowest BCUT2D eigenvalue weighted by Crippen LogP contribution is -2.19. The summed E-state index contributed by atoms with van der Waals surface area (Å²) in [4.78, 5) is 24.2. The van der Waals surface area contributed by atoms with Crippen LogP contribution in [0.4, 0.5) is 0 Å². The first kappa shape index (κ1) is 29.7. The Bertz CT molecular complexity index is 1060. The number of nitrogens with zero attached hydrogens (tertiary/aromatic N) is 2. The molecule has 0 saturated heterocycles. The fourth-order valence-electron chi connectivity index (χ4n) is 3.48. The lowest BCUT2D eigenvalue weighted by Gasteiger charge is -2.13. The number of carbonyl (C=O) groups is 2. The number of nitrogens with one attached hydrogen (secondary N) is 2. The number of amides is 2. The number of ether oxygens (including phenoxy) is 6. The molecule has 2 aromatic rings. The lowest BCUT2D eigenvalue weighted by molar-refractivity contribution is -0.123. The summed E-state index contributed by atoms with van der Waals surface area (Å²) in [5.74, 6) is 2.19. The highest BCUT2D eigenvalue weighted by Gasteiger charge is 2.16. The molecule has 2 rings (SSSR count). The normalized spacial score (nSPS) is 10.8. The van der Waals surface area contributed by atoms with Gasteiger partial charge in [0.25, 0.3) is 0 Å². The zero-order valence-electron chi connectivity index (χ0n) is 22.5. The highest BCUT2D eigenvalue weighted by atomic mass is 16.5. The van der Waals surface area contributed by atoms with E-state index in [0.29, 0.717) is 58.5 Å². The van der Waals surface area contributed by atoms with Crippen LogP contribution in [0, 0.1) is 0 Å². The average Bonchev–Trinajstić information content (AvgIpc) is 2.94. The van der Waals surface area contributed by atoms with Gasteiger partial charge in [-0.3, -0.25) is 9.59 Å². The van der Waals surface area contributed by atoms with Gasteiger partial charge in [0, 0.05) is 24.0 Å². The Morgan fingerprint density at radius 3 is 1.29 bits per heavy atom. The van der Waals surface area contributed by atoms with Crippen molar-refractivity contribution in [2.75, 3.05) is 42.7 Å². The summed E-state index contributed by atoms with van der Waals surface area (Å²) in [6.07, 6.45) is 4.33. The molecule has 2 amide bonds. The van der Waals surface area contributed by atoms with Crippen molar-refractivity contribution in [3.8, 4) is 34.5 Å². The monoisotopic (exact) mass is 530 g/mol. The number of hydrazone groups is 2. The van der Waals surface area contributed by atoms with E-state index in [-0.39, 0.29) is 24.7 Å². The Morgan fingerprint density at radius 1 is 0.605 bits per heavy atom. The number of rotatable bonds is 15. The fraction of sp³-hybridized carbons (Fsp3) is 0.385. The van der Waals surface area contributed by atoms with Crippen molar-refractivity contribution in [2.45, 2.75) is 25.7 Å². The highest BCUT2D eigenvalue weighted by molar-refractivity contribution is 5.88. The van der Waals surface area contributed by atoms with Gasteiger partial charge in [-0.05, 0) is 37.1 Å². The van der Waals surface area contributed by atoms with E-state index in [4.69, 9.17) is 28.4 Å². The predicted octanol–water partition coefficient (Wildman–Crippen LogP) is 2.90. The average molecular weight is 531 g/mol. The first-order valence-corrected chi connectivity index (χ1v) is 11.7. The van der Waals surface area contributed by atoms with Crippen molar-refractivity contribution in [1.82, 2.24) is 10.9 Å². The smallest absolute Gasteiger partial charge is 0.240 e. The molecule has 12 heteroatoms. The first-order chi connectivity index (χ1) is 18.4. The van der Waals surface area contributed by atoms with Crippen LogP contribution < -0.4 is 39.3 Å². The molecule has 206 valence electrons. The summed E-state index contributed by atoms with van der Waals surface area (Å²) >= 11 is 0. The molecule has 0 atom stereocenters. The zero-order valence-corrected chi connectivity index (χ0v) is 22.5. The van der Waals surface area contributed by atoms with Crippen molar-refractivity contribution in [2.24, 2.45) is 10.2 Å². The molecule has 2 aromatic carbocycles. The quantitative estimate of drug-likeness (QED) is 0.204. The Morgan fingerprint density at radius 2 is 0.974 bits per heavy atom. The van der Waals surface area contributed by atoms with Crippen LogP contribution in [-0.4, -0.2) is 66.9 Å². The van der Waals surface area contributed by atoms with Gasteiger partial charge < -0.3 is 28.4 Å². The molecule has 2 N–H and O–H groups in total. The topological polar surface area (TPSA) is 138 Å². The van der Waals surface area contributed by atoms with Crippen LogP contribution >= 0.6 is 0 Å². The summed E-state index contributed by atoms with van der Waals surface area (Å²) in [5.41, 5.74) is 6.14. The van der Waals surface area contributed by atoms with Gasteiger partial charge >= 0.3 is 0 Å². The minimum Gasteiger partial charge on any atom is -0.493 e. The molecular weight excluding hydrogens is 496 g/mol. The minimum atomic E-state index is -0.278. The number of hydrogen-bond acceptors (Lipinski definition) is 10. The van der Waals surface area contributed by atoms with E-state index in [9.17, 15) is 9.59 Å². The summed E-state index contributed by atoms with van der Waals surface area (Å²) in [7, 11) is 9.07. The molecule has 0 unspecified atom stereocenters. The Kier molecular flexibility index (Phi) is 12.2.